The minimum atomic E-state index is -0.832. The zero-order valence-corrected chi connectivity index (χ0v) is 8.64. The third kappa shape index (κ3) is 4.86. The van der Waals surface area contributed by atoms with E-state index in [0.29, 0.717) is 6.61 Å². The second-order valence-corrected chi connectivity index (χ2v) is 3.19. The fourth-order valence-electron chi connectivity index (χ4n) is 1.03. The summed E-state index contributed by atoms with van der Waals surface area (Å²) >= 11 is 0. The van der Waals surface area contributed by atoms with E-state index < -0.39 is 5.97 Å². The number of aliphatic carboxylic acids is 1. The molecule has 0 aliphatic carbocycles. The minimum absolute atomic E-state index is 0.0389. The van der Waals surface area contributed by atoms with Gasteiger partial charge in [-0.2, -0.15) is 0 Å². The summed E-state index contributed by atoms with van der Waals surface area (Å²) in [6, 6.07) is 7.72. The number of carboxylic acid groups (broad SMARTS) is 1. The van der Waals surface area contributed by atoms with Crippen molar-refractivity contribution in [2.75, 3.05) is 6.61 Å². The Morgan fingerprint density at radius 3 is 2.60 bits per heavy atom. The Labute approximate surface area is 89.0 Å². The smallest absolute Gasteiger partial charge is 0.307 e. The number of hydrogen-bond donors (Lipinski definition) is 1. The van der Waals surface area contributed by atoms with E-state index in [1.54, 1.807) is 12.2 Å². The molecule has 0 spiro atoms. The van der Waals surface area contributed by atoms with Crippen LogP contribution in [-0.2, 0) is 4.79 Å². The third-order valence-electron chi connectivity index (χ3n) is 1.83. The van der Waals surface area contributed by atoms with Gasteiger partial charge in [0.2, 0.25) is 0 Å². The molecule has 0 aliphatic heterocycles. The molecular formula is C12H14O3. The fourth-order valence-corrected chi connectivity index (χ4v) is 1.03. The molecule has 0 aromatic heterocycles. The molecule has 0 fully saturated rings. The normalized spacial score (nSPS) is 10.5. The molecule has 80 valence electrons. The van der Waals surface area contributed by atoms with Crippen molar-refractivity contribution in [2.24, 2.45) is 0 Å². The van der Waals surface area contributed by atoms with E-state index >= 15 is 0 Å². The van der Waals surface area contributed by atoms with E-state index in [1.807, 2.05) is 31.2 Å². The summed E-state index contributed by atoms with van der Waals surface area (Å²) in [6.45, 7) is 2.41. The van der Waals surface area contributed by atoms with Crippen molar-refractivity contribution in [3.8, 4) is 5.75 Å². The molecule has 0 heterocycles. The first kappa shape index (κ1) is 11.3. The van der Waals surface area contributed by atoms with Gasteiger partial charge in [-0.3, -0.25) is 4.79 Å². The van der Waals surface area contributed by atoms with Crippen molar-refractivity contribution in [3.63, 3.8) is 0 Å². The van der Waals surface area contributed by atoms with Crippen LogP contribution >= 0.6 is 0 Å². The van der Waals surface area contributed by atoms with Crippen LogP contribution in [0.5, 0.6) is 5.75 Å². The van der Waals surface area contributed by atoms with Crippen LogP contribution < -0.4 is 4.74 Å². The molecule has 3 heteroatoms. The second kappa shape index (κ2) is 5.86. The van der Waals surface area contributed by atoms with Crippen molar-refractivity contribution in [1.29, 1.82) is 0 Å². The zero-order chi connectivity index (χ0) is 11.1. The minimum Gasteiger partial charge on any atom is -0.490 e. The maximum absolute atomic E-state index is 10.2. The van der Waals surface area contributed by atoms with Gasteiger partial charge in [0.25, 0.3) is 0 Å². The predicted molar refractivity (Wildman–Crippen MR) is 58.1 cm³/mol. The van der Waals surface area contributed by atoms with Gasteiger partial charge in [-0.25, -0.2) is 0 Å². The number of aryl methyl sites for hydroxylation is 1. The van der Waals surface area contributed by atoms with Crippen molar-refractivity contribution in [3.05, 3.63) is 42.0 Å². The molecule has 0 saturated heterocycles. The SMILES string of the molecule is Cc1ccc(OC/C=C/CC(=O)O)cc1. The Hall–Kier alpha value is -1.77. The maximum atomic E-state index is 10.2. The summed E-state index contributed by atoms with van der Waals surface area (Å²) in [6.07, 6.45) is 3.32. The predicted octanol–water partition coefficient (Wildman–Crippen LogP) is 2.40. The fraction of sp³-hybridized carbons (Fsp3) is 0.250. The van der Waals surface area contributed by atoms with Gasteiger partial charge in [-0.1, -0.05) is 29.8 Å². The molecular weight excluding hydrogens is 192 g/mol. The van der Waals surface area contributed by atoms with Gasteiger partial charge in [0.15, 0.2) is 0 Å². The Balaban J connectivity index is 2.28. The van der Waals surface area contributed by atoms with E-state index in [2.05, 4.69) is 0 Å². The average Bonchev–Trinajstić information content (AvgIpc) is 2.20. The largest absolute Gasteiger partial charge is 0.490 e. The monoisotopic (exact) mass is 206 g/mol. The number of carboxylic acids is 1. The number of hydrogen-bond acceptors (Lipinski definition) is 2. The van der Waals surface area contributed by atoms with E-state index in [-0.39, 0.29) is 6.42 Å². The molecule has 0 unspecified atom stereocenters. The van der Waals surface area contributed by atoms with Gasteiger partial charge in [0.05, 0.1) is 6.42 Å². The lowest BCUT2D eigenvalue weighted by atomic mass is 10.2. The Morgan fingerprint density at radius 1 is 1.33 bits per heavy atom. The number of rotatable bonds is 5. The molecule has 3 nitrogen and oxygen atoms in total. The molecule has 0 radical (unpaired) electrons. The van der Waals surface area contributed by atoms with Gasteiger partial charge in [0, 0.05) is 0 Å². The number of ether oxygens (including phenoxy) is 1. The lowest BCUT2D eigenvalue weighted by Crippen LogP contribution is -1.94. The van der Waals surface area contributed by atoms with Crippen LogP contribution in [0.2, 0.25) is 0 Å². The maximum Gasteiger partial charge on any atom is 0.307 e. The second-order valence-electron chi connectivity index (χ2n) is 3.19. The van der Waals surface area contributed by atoms with E-state index in [0.717, 1.165) is 5.75 Å². The molecule has 1 N–H and O–H groups in total. The van der Waals surface area contributed by atoms with Crippen LogP contribution in [0.4, 0.5) is 0 Å². The van der Waals surface area contributed by atoms with Crippen LogP contribution in [0.3, 0.4) is 0 Å². The summed E-state index contributed by atoms with van der Waals surface area (Å²) in [7, 11) is 0. The molecule has 0 amide bonds. The molecule has 1 aromatic rings. The first-order chi connectivity index (χ1) is 7.18. The van der Waals surface area contributed by atoms with Gasteiger partial charge >= 0.3 is 5.97 Å². The number of carbonyl (C=O) groups is 1. The summed E-state index contributed by atoms with van der Waals surface area (Å²) in [5.41, 5.74) is 1.18. The molecule has 1 rings (SSSR count). The molecule has 1 aromatic carbocycles. The van der Waals surface area contributed by atoms with E-state index in [9.17, 15) is 4.79 Å². The van der Waals surface area contributed by atoms with E-state index in [1.165, 1.54) is 5.56 Å². The van der Waals surface area contributed by atoms with Crippen molar-refractivity contribution in [1.82, 2.24) is 0 Å². The first-order valence-corrected chi connectivity index (χ1v) is 4.75. The molecule has 15 heavy (non-hydrogen) atoms. The Bertz CT molecular complexity index is 338. The lowest BCUT2D eigenvalue weighted by molar-refractivity contribution is -0.136. The van der Waals surface area contributed by atoms with Crippen LogP contribution in [0.1, 0.15) is 12.0 Å². The van der Waals surface area contributed by atoms with Crippen LogP contribution in [0.25, 0.3) is 0 Å². The quantitative estimate of drug-likeness (QED) is 0.752. The van der Waals surface area contributed by atoms with Crippen LogP contribution in [0.15, 0.2) is 36.4 Å². The van der Waals surface area contributed by atoms with Crippen molar-refractivity contribution < 1.29 is 14.6 Å². The molecule has 0 bridgehead atoms. The average molecular weight is 206 g/mol. The van der Waals surface area contributed by atoms with Crippen LogP contribution in [-0.4, -0.2) is 17.7 Å². The summed E-state index contributed by atoms with van der Waals surface area (Å²) in [5, 5.41) is 8.37. The summed E-state index contributed by atoms with van der Waals surface area (Å²) < 4.78 is 5.36. The van der Waals surface area contributed by atoms with Gasteiger partial charge in [0.1, 0.15) is 12.4 Å². The van der Waals surface area contributed by atoms with Gasteiger partial charge < -0.3 is 9.84 Å². The zero-order valence-electron chi connectivity index (χ0n) is 8.64. The van der Waals surface area contributed by atoms with Crippen molar-refractivity contribution in [2.45, 2.75) is 13.3 Å². The van der Waals surface area contributed by atoms with Crippen LogP contribution in [0, 0.1) is 6.92 Å². The molecule has 0 saturated carbocycles. The molecule has 0 atom stereocenters. The Morgan fingerprint density at radius 2 is 2.00 bits per heavy atom. The standard InChI is InChI=1S/C12H14O3/c1-10-5-7-11(8-6-10)15-9-3-2-4-12(13)14/h2-3,5-8H,4,9H2,1H3,(H,13,14)/b3-2+. The topological polar surface area (TPSA) is 46.5 Å². The Kier molecular flexibility index (Phi) is 4.41. The van der Waals surface area contributed by atoms with Gasteiger partial charge in [-0.05, 0) is 19.1 Å². The number of benzene rings is 1. The first-order valence-electron chi connectivity index (χ1n) is 4.75. The van der Waals surface area contributed by atoms with Crippen molar-refractivity contribution >= 4 is 5.97 Å². The highest BCUT2D eigenvalue weighted by Gasteiger charge is 1.91. The van der Waals surface area contributed by atoms with E-state index in [4.69, 9.17) is 9.84 Å². The third-order valence-corrected chi connectivity index (χ3v) is 1.83. The summed E-state index contributed by atoms with van der Waals surface area (Å²) in [5.74, 6) is -0.0397. The highest BCUT2D eigenvalue weighted by atomic mass is 16.5. The summed E-state index contributed by atoms with van der Waals surface area (Å²) in [4.78, 5) is 10.2. The lowest BCUT2D eigenvalue weighted by Gasteiger charge is -2.02. The molecule has 0 aliphatic rings. The highest BCUT2D eigenvalue weighted by Crippen LogP contribution is 2.10. The highest BCUT2D eigenvalue weighted by molar-refractivity contribution is 5.68. The van der Waals surface area contributed by atoms with Gasteiger partial charge in [-0.15, -0.1) is 0 Å².